The minimum atomic E-state index is -0.911. The maximum absolute atomic E-state index is 13.9. The Labute approximate surface area is 216 Å². The van der Waals surface area contributed by atoms with Crippen LogP contribution in [0.15, 0.2) is 36.9 Å². The van der Waals surface area contributed by atoms with Gasteiger partial charge in [-0.15, -0.1) is 13.0 Å². The number of alkyl carbamates (subject to hydrolysis) is 1. The third kappa shape index (κ3) is 8.44. The first kappa shape index (κ1) is 29.0. The lowest BCUT2D eigenvalue weighted by molar-refractivity contribution is -0.143. The largest absolute Gasteiger partial charge is 0.444 e. The Balaban J connectivity index is 2.42. The van der Waals surface area contributed by atoms with Crippen LogP contribution in [-0.4, -0.2) is 47.0 Å². The minimum absolute atomic E-state index is 0.0696. The summed E-state index contributed by atoms with van der Waals surface area (Å²) in [6.07, 6.45) is 11.5. The molecular weight excluding hydrogens is 454 g/mol. The summed E-state index contributed by atoms with van der Waals surface area (Å²) in [6, 6.07) is 5.32. The number of carbonyl (C=O) groups is 3. The van der Waals surface area contributed by atoms with Crippen LogP contribution in [-0.2, 0) is 14.3 Å². The van der Waals surface area contributed by atoms with Crippen molar-refractivity contribution < 1.29 is 19.1 Å². The molecule has 2 N–H and O–H groups in total. The summed E-state index contributed by atoms with van der Waals surface area (Å²) in [7, 11) is 0. The molecule has 2 rings (SSSR count). The van der Waals surface area contributed by atoms with Crippen LogP contribution in [0.3, 0.4) is 0 Å². The number of ether oxygens (including phenoxy) is 1. The van der Waals surface area contributed by atoms with E-state index < -0.39 is 23.8 Å². The zero-order valence-electron chi connectivity index (χ0n) is 22.3. The van der Waals surface area contributed by atoms with Crippen molar-refractivity contribution in [3.05, 3.63) is 48.0 Å². The summed E-state index contributed by atoms with van der Waals surface area (Å²) in [5.74, 6) is 1.69. The van der Waals surface area contributed by atoms with Gasteiger partial charge in [-0.3, -0.25) is 9.59 Å². The number of carbonyl (C=O) groups excluding carboxylic acids is 3. The zero-order valence-corrected chi connectivity index (χ0v) is 22.3. The Morgan fingerprint density at radius 2 is 1.78 bits per heavy atom. The SMILES string of the molecule is C#Cc1ccc(C(C(=O)NC2CCCCC2)N(CC=C)C(=O)C(NC(=O)OC(C)(C)C)C(C)C)cc1. The van der Waals surface area contributed by atoms with Crippen molar-refractivity contribution in [1.29, 1.82) is 0 Å². The van der Waals surface area contributed by atoms with E-state index in [0.717, 1.165) is 32.1 Å². The molecule has 0 heterocycles. The standard InChI is InChI=1S/C29H41N3O4/c1-8-19-32(27(34)24(20(3)4)31-28(35)36-29(5,6)7)25(22-17-15-21(9-2)16-18-22)26(33)30-23-13-11-10-12-14-23/h2,8,15-18,20,23-25H,1,10-14,19H2,3-7H3,(H,30,33)(H,31,35). The number of nitrogens with one attached hydrogen (secondary N) is 2. The van der Waals surface area contributed by atoms with Crippen molar-refractivity contribution in [2.75, 3.05) is 6.54 Å². The van der Waals surface area contributed by atoms with E-state index in [2.05, 4.69) is 23.1 Å². The quantitative estimate of drug-likeness (QED) is 0.383. The maximum Gasteiger partial charge on any atom is 0.408 e. The van der Waals surface area contributed by atoms with Gasteiger partial charge in [0.05, 0.1) is 0 Å². The van der Waals surface area contributed by atoms with Gasteiger partial charge in [0.2, 0.25) is 11.8 Å². The molecule has 0 radical (unpaired) electrons. The van der Waals surface area contributed by atoms with Crippen LogP contribution < -0.4 is 10.6 Å². The van der Waals surface area contributed by atoms with Gasteiger partial charge in [-0.05, 0) is 57.2 Å². The Morgan fingerprint density at radius 3 is 2.28 bits per heavy atom. The van der Waals surface area contributed by atoms with Gasteiger partial charge in [-0.25, -0.2) is 4.79 Å². The van der Waals surface area contributed by atoms with Crippen LogP contribution in [0.5, 0.6) is 0 Å². The molecule has 7 nitrogen and oxygen atoms in total. The zero-order chi connectivity index (χ0) is 26.9. The second kappa shape index (κ2) is 13.2. The van der Waals surface area contributed by atoms with Crippen molar-refractivity contribution in [1.82, 2.24) is 15.5 Å². The summed E-state index contributed by atoms with van der Waals surface area (Å²) in [5.41, 5.74) is 0.604. The molecule has 2 atom stereocenters. The predicted octanol–water partition coefficient (Wildman–Crippen LogP) is 4.72. The van der Waals surface area contributed by atoms with E-state index in [1.54, 1.807) is 51.1 Å². The summed E-state index contributed by atoms with van der Waals surface area (Å²) in [5, 5.41) is 5.87. The molecule has 1 aromatic rings. The monoisotopic (exact) mass is 495 g/mol. The molecule has 1 saturated carbocycles. The van der Waals surface area contributed by atoms with E-state index >= 15 is 0 Å². The number of terminal acetylenes is 1. The molecule has 0 aliphatic heterocycles. The van der Waals surface area contributed by atoms with Gasteiger partial charge < -0.3 is 20.3 Å². The van der Waals surface area contributed by atoms with E-state index in [0.29, 0.717) is 11.1 Å². The van der Waals surface area contributed by atoms with E-state index in [1.165, 1.54) is 4.90 Å². The van der Waals surface area contributed by atoms with E-state index in [4.69, 9.17) is 11.2 Å². The number of amides is 3. The Hall–Kier alpha value is -3.27. The third-order valence-corrected chi connectivity index (χ3v) is 6.12. The van der Waals surface area contributed by atoms with Gasteiger partial charge >= 0.3 is 6.09 Å². The highest BCUT2D eigenvalue weighted by molar-refractivity contribution is 5.92. The fourth-order valence-corrected chi connectivity index (χ4v) is 4.35. The fourth-order valence-electron chi connectivity index (χ4n) is 4.35. The van der Waals surface area contributed by atoms with Gasteiger partial charge in [0.25, 0.3) is 0 Å². The molecule has 1 fully saturated rings. The van der Waals surface area contributed by atoms with Crippen molar-refractivity contribution in [3.63, 3.8) is 0 Å². The Morgan fingerprint density at radius 1 is 1.17 bits per heavy atom. The minimum Gasteiger partial charge on any atom is -0.444 e. The summed E-state index contributed by atoms with van der Waals surface area (Å²) in [6.45, 7) is 12.9. The molecule has 7 heteroatoms. The maximum atomic E-state index is 13.9. The second-order valence-electron chi connectivity index (χ2n) is 10.7. The molecule has 2 unspecified atom stereocenters. The highest BCUT2D eigenvalue weighted by atomic mass is 16.6. The lowest BCUT2D eigenvalue weighted by Gasteiger charge is -2.36. The molecule has 1 aromatic carbocycles. The molecule has 0 aromatic heterocycles. The van der Waals surface area contributed by atoms with Crippen LogP contribution in [0.25, 0.3) is 0 Å². The summed E-state index contributed by atoms with van der Waals surface area (Å²) >= 11 is 0. The molecule has 1 aliphatic carbocycles. The molecular formula is C29H41N3O4. The van der Waals surface area contributed by atoms with Crippen LogP contribution >= 0.6 is 0 Å². The second-order valence-corrected chi connectivity index (χ2v) is 10.7. The van der Waals surface area contributed by atoms with Gasteiger partial charge in [-0.1, -0.05) is 57.2 Å². The molecule has 0 saturated heterocycles. The number of hydrogen-bond donors (Lipinski definition) is 2. The summed E-state index contributed by atoms with van der Waals surface area (Å²) in [4.78, 5) is 41.6. The molecule has 1 aliphatic rings. The number of benzene rings is 1. The average molecular weight is 496 g/mol. The van der Waals surface area contributed by atoms with E-state index in [-0.39, 0.29) is 30.3 Å². The number of rotatable bonds is 9. The topological polar surface area (TPSA) is 87.7 Å². The van der Waals surface area contributed by atoms with Crippen LogP contribution in [0.1, 0.15) is 83.9 Å². The summed E-state index contributed by atoms with van der Waals surface area (Å²) < 4.78 is 5.39. The molecule has 3 amide bonds. The van der Waals surface area contributed by atoms with Gasteiger partial charge in [0.1, 0.15) is 17.7 Å². The Bertz CT molecular complexity index is 950. The van der Waals surface area contributed by atoms with Crippen molar-refractivity contribution in [2.24, 2.45) is 5.92 Å². The van der Waals surface area contributed by atoms with E-state index in [9.17, 15) is 14.4 Å². The van der Waals surface area contributed by atoms with E-state index in [1.807, 2.05) is 13.8 Å². The predicted molar refractivity (Wildman–Crippen MR) is 142 cm³/mol. The lowest BCUT2D eigenvalue weighted by atomic mass is 9.94. The molecule has 0 spiro atoms. The van der Waals surface area contributed by atoms with Gasteiger partial charge in [0, 0.05) is 18.2 Å². The van der Waals surface area contributed by atoms with Crippen LogP contribution in [0.2, 0.25) is 0 Å². The number of hydrogen-bond acceptors (Lipinski definition) is 4. The molecule has 0 bridgehead atoms. The van der Waals surface area contributed by atoms with Crippen LogP contribution in [0, 0.1) is 18.3 Å². The normalized spacial score (nSPS) is 15.8. The smallest absolute Gasteiger partial charge is 0.408 e. The van der Waals surface area contributed by atoms with Crippen molar-refractivity contribution >= 4 is 17.9 Å². The first-order valence-corrected chi connectivity index (χ1v) is 12.7. The first-order valence-electron chi connectivity index (χ1n) is 12.7. The fraction of sp³-hybridized carbons (Fsp3) is 0.552. The molecule has 36 heavy (non-hydrogen) atoms. The first-order chi connectivity index (χ1) is 17.0. The number of nitrogens with zero attached hydrogens (tertiary/aromatic N) is 1. The highest BCUT2D eigenvalue weighted by Gasteiger charge is 2.37. The lowest BCUT2D eigenvalue weighted by Crippen LogP contribution is -2.55. The highest BCUT2D eigenvalue weighted by Crippen LogP contribution is 2.26. The van der Waals surface area contributed by atoms with Gasteiger partial charge in [0.15, 0.2) is 0 Å². The third-order valence-electron chi connectivity index (χ3n) is 6.12. The average Bonchev–Trinajstić information content (AvgIpc) is 2.81. The Kier molecular flexibility index (Phi) is 10.6. The van der Waals surface area contributed by atoms with Crippen LogP contribution in [0.4, 0.5) is 4.79 Å². The van der Waals surface area contributed by atoms with Gasteiger partial charge in [-0.2, -0.15) is 0 Å². The molecule has 196 valence electrons. The van der Waals surface area contributed by atoms with Crippen molar-refractivity contribution in [2.45, 2.75) is 90.4 Å². The van der Waals surface area contributed by atoms with Crippen molar-refractivity contribution in [3.8, 4) is 12.3 Å².